The number of aryl methyl sites for hydroxylation is 1. The van der Waals surface area contributed by atoms with E-state index in [2.05, 4.69) is 22.4 Å². The van der Waals surface area contributed by atoms with Gasteiger partial charge in [-0.1, -0.05) is 6.92 Å². The number of aromatic amines is 1. The Balaban J connectivity index is 1.92. The molecular formula is C13H24N4O2S. The molecule has 2 N–H and O–H groups in total. The number of piperidine rings is 1. The molecule has 1 saturated heterocycles. The second-order valence-electron chi connectivity index (χ2n) is 5.41. The van der Waals surface area contributed by atoms with E-state index in [0.717, 1.165) is 32.4 Å². The van der Waals surface area contributed by atoms with Crippen molar-refractivity contribution in [3.05, 3.63) is 11.9 Å². The van der Waals surface area contributed by atoms with Crippen LogP contribution in [-0.4, -0.2) is 49.1 Å². The van der Waals surface area contributed by atoms with Crippen LogP contribution in [0.3, 0.4) is 0 Å². The summed E-state index contributed by atoms with van der Waals surface area (Å²) in [4.78, 5) is 0.306. The van der Waals surface area contributed by atoms with E-state index in [1.54, 1.807) is 11.2 Å². The molecule has 0 aromatic carbocycles. The van der Waals surface area contributed by atoms with Crippen LogP contribution in [0.25, 0.3) is 0 Å². The Morgan fingerprint density at radius 1 is 1.45 bits per heavy atom. The fraction of sp³-hybridized carbons (Fsp3) is 0.769. The molecule has 2 heterocycles. The van der Waals surface area contributed by atoms with E-state index in [1.807, 2.05) is 0 Å². The van der Waals surface area contributed by atoms with Crippen molar-refractivity contribution in [2.45, 2.75) is 38.0 Å². The fourth-order valence-corrected chi connectivity index (χ4v) is 4.16. The molecule has 0 spiro atoms. The quantitative estimate of drug-likeness (QED) is 0.772. The Kier molecular flexibility index (Phi) is 5.17. The van der Waals surface area contributed by atoms with E-state index < -0.39 is 10.0 Å². The molecule has 0 atom stereocenters. The molecule has 6 nitrogen and oxygen atoms in total. The summed E-state index contributed by atoms with van der Waals surface area (Å²) in [7, 11) is -3.38. The molecule has 1 aromatic heterocycles. The molecule has 0 radical (unpaired) electrons. The highest BCUT2D eigenvalue weighted by atomic mass is 32.2. The topological polar surface area (TPSA) is 78.1 Å². The van der Waals surface area contributed by atoms with Gasteiger partial charge in [-0.25, -0.2) is 8.42 Å². The largest absolute Gasteiger partial charge is 0.316 e. The first kappa shape index (κ1) is 15.5. The highest BCUT2D eigenvalue weighted by Crippen LogP contribution is 2.24. The second kappa shape index (κ2) is 6.69. The Morgan fingerprint density at radius 2 is 2.15 bits per heavy atom. The number of aromatic nitrogens is 2. The van der Waals surface area contributed by atoms with Gasteiger partial charge in [0.2, 0.25) is 10.0 Å². The number of nitrogens with zero attached hydrogens (tertiary/aromatic N) is 2. The lowest BCUT2D eigenvalue weighted by Crippen LogP contribution is -2.40. The first-order valence-electron chi connectivity index (χ1n) is 7.26. The lowest BCUT2D eigenvalue weighted by atomic mass is 9.98. The highest BCUT2D eigenvalue weighted by Gasteiger charge is 2.30. The van der Waals surface area contributed by atoms with Crippen molar-refractivity contribution in [3.63, 3.8) is 0 Å². The average molecular weight is 300 g/mol. The van der Waals surface area contributed by atoms with Crippen LogP contribution in [0.5, 0.6) is 0 Å². The van der Waals surface area contributed by atoms with Gasteiger partial charge in [0.25, 0.3) is 0 Å². The summed E-state index contributed by atoms with van der Waals surface area (Å²) in [6, 6.07) is 0. The maximum absolute atomic E-state index is 12.5. The predicted molar refractivity (Wildman–Crippen MR) is 78.0 cm³/mol. The van der Waals surface area contributed by atoms with Crippen LogP contribution in [0.1, 0.15) is 31.9 Å². The smallest absolute Gasteiger partial charge is 0.246 e. The lowest BCUT2D eigenvalue weighted by molar-refractivity contribution is 0.267. The minimum atomic E-state index is -3.38. The van der Waals surface area contributed by atoms with Crippen LogP contribution in [0, 0.1) is 12.8 Å². The van der Waals surface area contributed by atoms with Crippen LogP contribution in [-0.2, 0) is 10.0 Å². The average Bonchev–Trinajstić information content (AvgIpc) is 2.87. The molecule has 1 aromatic rings. The van der Waals surface area contributed by atoms with E-state index in [9.17, 15) is 8.42 Å². The molecule has 0 amide bonds. The van der Waals surface area contributed by atoms with Crippen LogP contribution in [0.2, 0.25) is 0 Å². The zero-order chi connectivity index (χ0) is 14.6. The van der Waals surface area contributed by atoms with Gasteiger partial charge in [0, 0.05) is 13.1 Å². The zero-order valence-corrected chi connectivity index (χ0v) is 13.0. The van der Waals surface area contributed by atoms with Crippen LogP contribution in [0.4, 0.5) is 0 Å². The fourth-order valence-electron chi connectivity index (χ4n) is 2.58. The molecule has 1 fully saturated rings. The van der Waals surface area contributed by atoms with Gasteiger partial charge in [0.15, 0.2) is 0 Å². The molecule has 1 aliphatic heterocycles. The molecule has 7 heteroatoms. The Labute approximate surface area is 121 Å². The molecule has 1 aliphatic rings. The molecule has 20 heavy (non-hydrogen) atoms. The predicted octanol–water partition coefficient (Wildman–Crippen LogP) is 1.12. The number of hydrogen-bond donors (Lipinski definition) is 2. The van der Waals surface area contributed by atoms with E-state index in [4.69, 9.17) is 0 Å². The summed E-state index contributed by atoms with van der Waals surface area (Å²) in [6.45, 7) is 7.12. The Morgan fingerprint density at radius 3 is 2.70 bits per heavy atom. The van der Waals surface area contributed by atoms with Crippen molar-refractivity contribution >= 4 is 10.0 Å². The molecule has 0 bridgehead atoms. The summed E-state index contributed by atoms with van der Waals surface area (Å²) in [5.74, 6) is 0.582. The van der Waals surface area contributed by atoms with Crippen molar-refractivity contribution in [1.29, 1.82) is 0 Å². The number of sulfonamides is 1. The van der Waals surface area contributed by atoms with Gasteiger partial charge in [-0.2, -0.15) is 9.40 Å². The number of rotatable bonds is 6. The number of nitrogens with one attached hydrogen (secondary N) is 2. The maximum Gasteiger partial charge on any atom is 0.246 e. The molecule has 0 aliphatic carbocycles. The third-order valence-electron chi connectivity index (χ3n) is 3.83. The standard InChI is InChI=1S/C13H24N4O2S/c1-3-6-14-9-12-4-7-17(8-5-12)20(18,19)13-10-15-16-11(13)2/h10,12,14H,3-9H2,1-2H3,(H,15,16). The minimum Gasteiger partial charge on any atom is -0.316 e. The summed E-state index contributed by atoms with van der Waals surface area (Å²) in [5.41, 5.74) is 0.608. The van der Waals surface area contributed by atoms with Crippen molar-refractivity contribution in [2.24, 2.45) is 5.92 Å². The van der Waals surface area contributed by atoms with Gasteiger partial charge in [0.1, 0.15) is 4.90 Å². The molecule has 2 rings (SSSR count). The van der Waals surface area contributed by atoms with Crippen molar-refractivity contribution < 1.29 is 8.42 Å². The number of H-pyrrole nitrogens is 1. The van der Waals surface area contributed by atoms with Crippen molar-refractivity contribution in [3.8, 4) is 0 Å². The molecule has 114 valence electrons. The van der Waals surface area contributed by atoms with E-state index >= 15 is 0 Å². The van der Waals surface area contributed by atoms with Crippen LogP contribution in [0.15, 0.2) is 11.1 Å². The summed E-state index contributed by atoms with van der Waals surface area (Å²) >= 11 is 0. The van der Waals surface area contributed by atoms with E-state index in [-0.39, 0.29) is 0 Å². The normalized spacial score (nSPS) is 18.5. The number of hydrogen-bond acceptors (Lipinski definition) is 4. The van der Waals surface area contributed by atoms with Gasteiger partial charge in [-0.3, -0.25) is 5.10 Å². The van der Waals surface area contributed by atoms with E-state index in [1.165, 1.54) is 6.20 Å². The maximum atomic E-state index is 12.5. The van der Waals surface area contributed by atoms with Gasteiger partial charge in [-0.05, 0) is 45.2 Å². The highest BCUT2D eigenvalue weighted by molar-refractivity contribution is 7.89. The van der Waals surface area contributed by atoms with Crippen molar-refractivity contribution in [2.75, 3.05) is 26.2 Å². The lowest BCUT2D eigenvalue weighted by Gasteiger charge is -2.31. The van der Waals surface area contributed by atoms with E-state index in [0.29, 0.717) is 29.6 Å². The van der Waals surface area contributed by atoms with Crippen LogP contribution < -0.4 is 5.32 Å². The third-order valence-corrected chi connectivity index (χ3v) is 5.85. The first-order valence-corrected chi connectivity index (χ1v) is 8.70. The third kappa shape index (κ3) is 3.39. The molecule has 0 unspecified atom stereocenters. The zero-order valence-electron chi connectivity index (χ0n) is 12.2. The molecular weight excluding hydrogens is 276 g/mol. The van der Waals surface area contributed by atoms with Crippen LogP contribution >= 0.6 is 0 Å². The molecule has 0 saturated carbocycles. The van der Waals surface area contributed by atoms with Gasteiger partial charge < -0.3 is 5.32 Å². The summed E-state index contributed by atoms with van der Waals surface area (Å²) < 4.78 is 26.6. The Hall–Kier alpha value is -0.920. The first-order chi connectivity index (χ1) is 9.55. The summed E-state index contributed by atoms with van der Waals surface area (Å²) in [5, 5.41) is 9.91. The van der Waals surface area contributed by atoms with Gasteiger partial charge in [0.05, 0.1) is 11.9 Å². The Bertz CT molecular complexity index is 518. The van der Waals surface area contributed by atoms with Gasteiger partial charge >= 0.3 is 0 Å². The van der Waals surface area contributed by atoms with Crippen molar-refractivity contribution in [1.82, 2.24) is 19.8 Å². The SMILES string of the molecule is CCCNCC1CCN(S(=O)(=O)c2cn[nH]c2C)CC1. The van der Waals surface area contributed by atoms with Gasteiger partial charge in [-0.15, -0.1) is 0 Å². The summed E-state index contributed by atoms with van der Waals surface area (Å²) in [6.07, 6.45) is 4.38. The minimum absolute atomic E-state index is 0.306. The monoisotopic (exact) mass is 300 g/mol. The second-order valence-corrected chi connectivity index (χ2v) is 7.32.